The predicted octanol–water partition coefficient (Wildman–Crippen LogP) is 1.58. The lowest BCUT2D eigenvalue weighted by Crippen LogP contribution is -2.25. The number of carbonyl (C=O) groups is 1. The summed E-state index contributed by atoms with van der Waals surface area (Å²) in [6.45, 7) is 7.97. The average Bonchev–Trinajstić information content (AvgIpc) is 2.14. The molecule has 0 saturated carbocycles. The van der Waals surface area contributed by atoms with Gasteiger partial charge < -0.3 is 11.1 Å². The van der Waals surface area contributed by atoms with E-state index in [1.165, 1.54) is 0 Å². The summed E-state index contributed by atoms with van der Waals surface area (Å²) in [5, 5.41) is 3.09. The Labute approximate surface area is 102 Å². The second-order valence-electron chi connectivity index (χ2n) is 4.63. The van der Waals surface area contributed by atoms with Gasteiger partial charge in [-0.15, -0.1) is 0 Å². The molecule has 0 aliphatic carbocycles. The lowest BCUT2D eigenvalue weighted by molar-refractivity contribution is -0.118. The van der Waals surface area contributed by atoms with Gasteiger partial charge in [0.05, 0.1) is 0 Å². The second kappa shape index (κ2) is 5.61. The molecule has 0 fully saturated rings. The number of primary amides is 1. The van der Waals surface area contributed by atoms with E-state index in [0.29, 0.717) is 11.9 Å². The first-order chi connectivity index (χ1) is 7.88. The van der Waals surface area contributed by atoms with Gasteiger partial charge in [-0.2, -0.15) is 0 Å². The van der Waals surface area contributed by atoms with E-state index >= 15 is 0 Å². The average molecular weight is 236 g/mol. The fraction of sp³-hybridized carbons (Fsp3) is 0.583. The standard InChI is InChI=1S/C12H20N4O/c1-7(2)10-5-8(3)14-12(16-10)15-9(4)6-11(13)17/h5,7,9H,6H2,1-4H3,(H2,13,17)(H,14,15,16). The van der Waals surface area contributed by atoms with Crippen LogP contribution >= 0.6 is 0 Å². The van der Waals surface area contributed by atoms with Crippen molar-refractivity contribution in [3.8, 4) is 0 Å². The van der Waals surface area contributed by atoms with Crippen molar-refractivity contribution in [2.75, 3.05) is 5.32 Å². The molecule has 1 amide bonds. The molecule has 17 heavy (non-hydrogen) atoms. The second-order valence-corrected chi connectivity index (χ2v) is 4.63. The molecule has 1 rings (SSSR count). The van der Waals surface area contributed by atoms with Crippen molar-refractivity contribution in [3.05, 3.63) is 17.5 Å². The minimum absolute atomic E-state index is 0.0608. The number of nitrogens with two attached hydrogens (primary N) is 1. The van der Waals surface area contributed by atoms with Gasteiger partial charge in [-0.05, 0) is 25.8 Å². The first-order valence-electron chi connectivity index (χ1n) is 5.79. The molecule has 1 heterocycles. The number of nitrogens with one attached hydrogen (secondary N) is 1. The molecule has 5 heteroatoms. The van der Waals surface area contributed by atoms with Crippen LogP contribution in [0.4, 0.5) is 5.95 Å². The molecule has 0 radical (unpaired) electrons. The third-order valence-corrected chi connectivity index (χ3v) is 2.35. The number of aromatic nitrogens is 2. The molecule has 1 unspecified atom stereocenters. The molecule has 3 N–H and O–H groups in total. The highest BCUT2D eigenvalue weighted by Crippen LogP contribution is 2.15. The Morgan fingerprint density at radius 1 is 1.41 bits per heavy atom. The topological polar surface area (TPSA) is 80.9 Å². The van der Waals surface area contributed by atoms with Gasteiger partial charge in [0.1, 0.15) is 0 Å². The summed E-state index contributed by atoms with van der Waals surface area (Å²) in [4.78, 5) is 19.5. The molecule has 1 aromatic heterocycles. The summed E-state index contributed by atoms with van der Waals surface area (Å²) in [5.41, 5.74) is 7.04. The van der Waals surface area contributed by atoms with Gasteiger partial charge in [-0.25, -0.2) is 9.97 Å². The molecular formula is C12H20N4O. The van der Waals surface area contributed by atoms with Crippen LogP contribution in [-0.2, 0) is 4.79 Å². The maximum absolute atomic E-state index is 10.8. The molecule has 0 spiro atoms. The first-order valence-corrected chi connectivity index (χ1v) is 5.79. The van der Waals surface area contributed by atoms with Crippen LogP contribution < -0.4 is 11.1 Å². The minimum Gasteiger partial charge on any atom is -0.370 e. The van der Waals surface area contributed by atoms with Crippen molar-refractivity contribution in [2.45, 2.75) is 46.1 Å². The van der Waals surface area contributed by atoms with Gasteiger partial charge >= 0.3 is 0 Å². The number of aryl methyl sites for hydroxylation is 1. The van der Waals surface area contributed by atoms with Crippen molar-refractivity contribution in [2.24, 2.45) is 5.73 Å². The van der Waals surface area contributed by atoms with E-state index in [1.807, 2.05) is 19.9 Å². The highest BCUT2D eigenvalue weighted by Gasteiger charge is 2.10. The van der Waals surface area contributed by atoms with Gasteiger partial charge in [-0.3, -0.25) is 4.79 Å². The zero-order chi connectivity index (χ0) is 13.0. The monoisotopic (exact) mass is 236 g/mol. The number of hydrogen-bond donors (Lipinski definition) is 2. The number of carbonyl (C=O) groups excluding carboxylic acids is 1. The Bertz CT molecular complexity index is 403. The van der Waals surface area contributed by atoms with Gasteiger partial charge in [0, 0.05) is 23.9 Å². The lowest BCUT2D eigenvalue weighted by Gasteiger charge is -2.14. The molecule has 1 aromatic rings. The van der Waals surface area contributed by atoms with E-state index in [2.05, 4.69) is 29.1 Å². The third-order valence-electron chi connectivity index (χ3n) is 2.35. The zero-order valence-corrected chi connectivity index (χ0v) is 10.8. The van der Waals surface area contributed by atoms with E-state index in [4.69, 9.17) is 5.73 Å². The largest absolute Gasteiger partial charge is 0.370 e. The summed E-state index contributed by atoms with van der Waals surface area (Å²) in [6, 6.07) is 1.91. The SMILES string of the molecule is Cc1cc(C(C)C)nc(NC(C)CC(N)=O)n1. The molecule has 5 nitrogen and oxygen atoms in total. The normalized spacial score (nSPS) is 12.5. The van der Waals surface area contributed by atoms with E-state index in [0.717, 1.165) is 11.4 Å². The van der Waals surface area contributed by atoms with Crippen LogP contribution in [0.2, 0.25) is 0 Å². The number of nitrogens with zero attached hydrogens (tertiary/aromatic N) is 2. The molecular weight excluding hydrogens is 216 g/mol. The Morgan fingerprint density at radius 2 is 2.06 bits per heavy atom. The molecule has 0 aromatic carbocycles. The Hall–Kier alpha value is -1.65. The summed E-state index contributed by atoms with van der Waals surface area (Å²) in [7, 11) is 0. The van der Waals surface area contributed by atoms with Crippen LogP contribution in [0.1, 0.15) is 44.5 Å². The predicted molar refractivity (Wildman–Crippen MR) is 67.8 cm³/mol. The highest BCUT2D eigenvalue weighted by molar-refractivity contribution is 5.74. The van der Waals surface area contributed by atoms with Crippen LogP contribution in [0.3, 0.4) is 0 Å². The van der Waals surface area contributed by atoms with Crippen LogP contribution in [0.15, 0.2) is 6.07 Å². The Morgan fingerprint density at radius 3 is 2.59 bits per heavy atom. The number of hydrogen-bond acceptors (Lipinski definition) is 4. The van der Waals surface area contributed by atoms with Crippen LogP contribution in [-0.4, -0.2) is 21.9 Å². The molecule has 0 aliphatic rings. The maximum atomic E-state index is 10.8. The molecule has 0 bridgehead atoms. The van der Waals surface area contributed by atoms with E-state index in [1.54, 1.807) is 0 Å². The number of rotatable bonds is 5. The van der Waals surface area contributed by atoms with Crippen LogP contribution in [0.25, 0.3) is 0 Å². The van der Waals surface area contributed by atoms with Crippen molar-refractivity contribution < 1.29 is 4.79 Å². The Balaban J connectivity index is 2.80. The van der Waals surface area contributed by atoms with Crippen LogP contribution in [0, 0.1) is 6.92 Å². The lowest BCUT2D eigenvalue weighted by atomic mass is 10.1. The van der Waals surface area contributed by atoms with E-state index in [-0.39, 0.29) is 18.4 Å². The number of amides is 1. The Kier molecular flexibility index (Phi) is 4.43. The maximum Gasteiger partial charge on any atom is 0.223 e. The van der Waals surface area contributed by atoms with Gasteiger partial charge in [-0.1, -0.05) is 13.8 Å². The van der Waals surface area contributed by atoms with Crippen molar-refractivity contribution in [3.63, 3.8) is 0 Å². The number of anilines is 1. The van der Waals surface area contributed by atoms with E-state index < -0.39 is 0 Å². The molecule has 94 valence electrons. The highest BCUT2D eigenvalue weighted by atomic mass is 16.1. The van der Waals surface area contributed by atoms with Crippen LogP contribution in [0.5, 0.6) is 0 Å². The van der Waals surface area contributed by atoms with Crippen molar-refractivity contribution >= 4 is 11.9 Å². The van der Waals surface area contributed by atoms with E-state index in [9.17, 15) is 4.79 Å². The quantitative estimate of drug-likeness (QED) is 0.813. The van der Waals surface area contributed by atoms with Gasteiger partial charge in [0.15, 0.2) is 0 Å². The summed E-state index contributed by atoms with van der Waals surface area (Å²) >= 11 is 0. The molecule has 1 atom stereocenters. The zero-order valence-electron chi connectivity index (χ0n) is 10.8. The first kappa shape index (κ1) is 13.4. The fourth-order valence-corrected chi connectivity index (χ4v) is 1.53. The molecule has 0 saturated heterocycles. The molecule has 0 aliphatic heterocycles. The minimum atomic E-state index is -0.332. The smallest absolute Gasteiger partial charge is 0.223 e. The van der Waals surface area contributed by atoms with Crippen molar-refractivity contribution in [1.82, 2.24) is 9.97 Å². The van der Waals surface area contributed by atoms with Gasteiger partial charge in [0.2, 0.25) is 11.9 Å². The fourth-order valence-electron chi connectivity index (χ4n) is 1.53. The van der Waals surface area contributed by atoms with Gasteiger partial charge in [0.25, 0.3) is 0 Å². The summed E-state index contributed by atoms with van der Waals surface area (Å²) in [5.74, 6) is 0.577. The summed E-state index contributed by atoms with van der Waals surface area (Å²) in [6.07, 6.45) is 0.272. The van der Waals surface area contributed by atoms with Crippen molar-refractivity contribution in [1.29, 1.82) is 0 Å². The summed E-state index contributed by atoms with van der Waals surface area (Å²) < 4.78 is 0. The third kappa shape index (κ3) is 4.38.